The second-order valence-electron chi connectivity index (χ2n) is 12.2. The van der Waals surface area contributed by atoms with Crippen LogP contribution in [0.5, 0.6) is 5.75 Å². The number of phenolic OH excluding ortho intramolecular Hbond substituents is 1. The zero-order valence-electron chi connectivity index (χ0n) is 26.1. The van der Waals surface area contributed by atoms with Crippen LogP contribution in [0.1, 0.15) is 52.7 Å². The summed E-state index contributed by atoms with van der Waals surface area (Å²) in [4.78, 5) is 28.4. The highest BCUT2D eigenvalue weighted by Crippen LogP contribution is 2.28. The predicted octanol–water partition coefficient (Wildman–Crippen LogP) is 7.60. The highest BCUT2D eigenvalue weighted by Gasteiger charge is 2.21. The average molecular weight is 681 g/mol. The Hall–Kier alpha value is -4.20. The summed E-state index contributed by atoms with van der Waals surface area (Å²) < 4.78 is 0.985. The van der Waals surface area contributed by atoms with Crippen molar-refractivity contribution >= 4 is 33.8 Å². The molecule has 46 heavy (non-hydrogen) atoms. The van der Waals surface area contributed by atoms with Crippen LogP contribution in [0, 0.1) is 11.8 Å². The van der Waals surface area contributed by atoms with Crippen molar-refractivity contribution in [1.82, 2.24) is 10.2 Å². The molecular formula is C39H42BrN3O3. The fourth-order valence-corrected chi connectivity index (χ4v) is 6.23. The largest absolute Gasteiger partial charge is 0.508 e. The molecule has 4 aromatic carbocycles. The van der Waals surface area contributed by atoms with Crippen LogP contribution in [-0.4, -0.2) is 41.5 Å². The molecule has 0 aliphatic heterocycles. The molecule has 5 rings (SSSR count). The SMILES string of the molecule is NCC1CCC(CNC(=O)c2cccc(-c3cccc(CN(CCc4ccc(O)cc4)C(=O)/C=C/c4ccc(Br)cc4)c3)c2)CC1. The molecular weight excluding hydrogens is 638 g/mol. The van der Waals surface area contributed by atoms with Crippen LogP contribution in [0.2, 0.25) is 0 Å². The lowest BCUT2D eigenvalue weighted by Gasteiger charge is -2.27. The lowest BCUT2D eigenvalue weighted by molar-refractivity contribution is -0.126. The Bertz CT molecular complexity index is 1630. The van der Waals surface area contributed by atoms with Gasteiger partial charge in [-0.1, -0.05) is 70.5 Å². The third-order valence-electron chi connectivity index (χ3n) is 8.82. The Morgan fingerprint density at radius 1 is 0.848 bits per heavy atom. The summed E-state index contributed by atoms with van der Waals surface area (Å²) in [5.74, 6) is 1.22. The molecule has 0 atom stereocenters. The minimum absolute atomic E-state index is 0.0532. The van der Waals surface area contributed by atoms with Gasteiger partial charge in [0.1, 0.15) is 5.75 Å². The maximum atomic E-state index is 13.5. The van der Waals surface area contributed by atoms with E-state index in [9.17, 15) is 14.7 Å². The molecule has 0 aromatic heterocycles. The molecule has 7 heteroatoms. The van der Waals surface area contributed by atoms with Gasteiger partial charge in [-0.3, -0.25) is 9.59 Å². The summed E-state index contributed by atoms with van der Waals surface area (Å²) in [5.41, 5.74) is 11.4. The van der Waals surface area contributed by atoms with E-state index in [0.29, 0.717) is 43.5 Å². The van der Waals surface area contributed by atoms with Gasteiger partial charge < -0.3 is 21.1 Å². The number of nitrogens with two attached hydrogens (primary N) is 1. The summed E-state index contributed by atoms with van der Waals surface area (Å²) in [6.45, 7) is 2.40. The normalized spacial score (nSPS) is 16.3. The van der Waals surface area contributed by atoms with Crippen LogP contribution in [0.25, 0.3) is 17.2 Å². The molecule has 4 N–H and O–H groups in total. The minimum Gasteiger partial charge on any atom is -0.508 e. The smallest absolute Gasteiger partial charge is 0.251 e. The van der Waals surface area contributed by atoms with E-state index in [2.05, 4.69) is 27.3 Å². The van der Waals surface area contributed by atoms with Gasteiger partial charge in [0.25, 0.3) is 5.91 Å². The average Bonchev–Trinajstić information content (AvgIpc) is 3.09. The molecule has 1 aliphatic rings. The van der Waals surface area contributed by atoms with Crippen molar-refractivity contribution in [3.05, 3.63) is 130 Å². The summed E-state index contributed by atoms with van der Waals surface area (Å²) in [6, 6.07) is 30.8. The Labute approximate surface area is 280 Å². The summed E-state index contributed by atoms with van der Waals surface area (Å²) in [5, 5.41) is 12.8. The quantitative estimate of drug-likeness (QED) is 0.134. The van der Waals surface area contributed by atoms with Gasteiger partial charge in [-0.15, -0.1) is 0 Å². The van der Waals surface area contributed by atoms with Crippen LogP contribution in [0.15, 0.2) is 108 Å². The Kier molecular flexibility index (Phi) is 11.8. The number of benzene rings is 4. The molecule has 0 heterocycles. The van der Waals surface area contributed by atoms with Gasteiger partial charge >= 0.3 is 0 Å². The minimum atomic E-state index is -0.0812. The van der Waals surface area contributed by atoms with Crippen molar-refractivity contribution in [1.29, 1.82) is 0 Å². The van der Waals surface area contributed by atoms with Gasteiger partial charge in [0.05, 0.1) is 0 Å². The Morgan fingerprint density at radius 3 is 2.24 bits per heavy atom. The zero-order valence-corrected chi connectivity index (χ0v) is 27.7. The monoisotopic (exact) mass is 679 g/mol. The standard InChI is InChI=1S/C39H42BrN3O3/c40-36-16-11-28(12-17-36)15-20-38(45)43(22-21-29-13-18-37(44)19-14-29)27-32-3-1-4-33(23-32)34-5-2-6-35(24-34)39(46)42-26-31-9-7-30(25-41)8-10-31/h1-6,11-20,23-24,30-31,44H,7-10,21-22,25-27,41H2,(H,42,46)/b20-15+. The highest BCUT2D eigenvalue weighted by atomic mass is 79.9. The van der Waals surface area contributed by atoms with Gasteiger partial charge in [0.2, 0.25) is 5.91 Å². The summed E-state index contributed by atoms with van der Waals surface area (Å²) >= 11 is 3.45. The first-order valence-corrected chi connectivity index (χ1v) is 16.8. The van der Waals surface area contributed by atoms with E-state index in [4.69, 9.17) is 5.73 Å². The lowest BCUT2D eigenvalue weighted by Crippen LogP contribution is -2.32. The number of nitrogens with one attached hydrogen (secondary N) is 1. The molecule has 1 aliphatic carbocycles. The molecule has 238 valence electrons. The number of carbonyl (C=O) groups is 2. The van der Waals surface area contributed by atoms with Gasteiger partial charge in [0, 0.05) is 35.7 Å². The van der Waals surface area contributed by atoms with E-state index in [1.54, 1.807) is 18.2 Å². The molecule has 0 radical (unpaired) electrons. The molecule has 2 amide bonds. The van der Waals surface area contributed by atoms with Gasteiger partial charge in [-0.05, 0) is 127 Å². The summed E-state index contributed by atoms with van der Waals surface area (Å²) in [7, 11) is 0. The first-order valence-electron chi connectivity index (χ1n) is 16.0. The van der Waals surface area contributed by atoms with E-state index in [1.165, 1.54) is 0 Å². The third kappa shape index (κ3) is 9.65. The number of rotatable bonds is 12. The van der Waals surface area contributed by atoms with Crippen molar-refractivity contribution in [2.45, 2.75) is 38.6 Å². The van der Waals surface area contributed by atoms with Gasteiger partial charge in [-0.2, -0.15) is 0 Å². The van der Waals surface area contributed by atoms with Gasteiger partial charge in [-0.25, -0.2) is 0 Å². The molecule has 4 aromatic rings. The van der Waals surface area contributed by atoms with E-state index in [-0.39, 0.29) is 17.6 Å². The van der Waals surface area contributed by atoms with Crippen LogP contribution in [0.3, 0.4) is 0 Å². The Balaban J connectivity index is 1.27. The number of amides is 2. The van der Waals surface area contributed by atoms with E-state index >= 15 is 0 Å². The van der Waals surface area contributed by atoms with E-state index in [1.807, 2.05) is 89.8 Å². The van der Waals surface area contributed by atoms with Crippen LogP contribution >= 0.6 is 15.9 Å². The van der Waals surface area contributed by atoms with E-state index in [0.717, 1.165) is 64.5 Å². The van der Waals surface area contributed by atoms with Crippen molar-refractivity contribution in [2.75, 3.05) is 19.6 Å². The molecule has 6 nitrogen and oxygen atoms in total. The maximum absolute atomic E-state index is 13.5. The number of carbonyl (C=O) groups excluding carboxylic acids is 2. The maximum Gasteiger partial charge on any atom is 0.251 e. The van der Waals surface area contributed by atoms with E-state index < -0.39 is 0 Å². The lowest BCUT2D eigenvalue weighted by atomic mass is 9.82. The number of halogens is 1. The molecule has 1 fully saturated rings. The fraction of sp³-hybridized carbons (Fsp3) is 0.282. The number of nitrogens with zero attached hydrogens (tertiary/aromatic N) is 1. The highest BCUT2D eigenvalue weighted by molar-refractivity contribution is 9.10. The first-order chi connectivity index (χ1) is 22.4. The van der Waals surface area contributed by atoms with Crippen LogP contribution < -0.4 is 11.1 Å². The van der Waals surface area contributed by atoms with Crippen molar-refractivity contribution < 1.29 is 14.7 Å². The number of aromatic hydroxyl groups is 1. The van der Waals surface area contributed by atoms with Crippen molar-refractivity contribution in [2.24, 2.45) is 17.6 Å². The molecule has 0 unspecified atom stereocenters. The summed E-state index contributed by atoms with van der Waals surface area (Å²) in [6.07, 6.45) is 8.63. The number of phenols is 1. The van der Waals surface area contributed by atoms with Crippen molar-refractivity contribution in [3.8, 4) is 16.9 Å². The fourth-order valence-electron chi connectivity index (χ4n) is 5.96. The van der Waals surface area contributed by atoms with Crippen LogP contribution in [0.4, 0.5) is 0 Å². The molecule has 0 bridgehead atoms. The molecule has 1 saturated carbocycles. The Morgan fingerprint density at radius 2 is 1.52 bits per heavy atom. The zero-order chi connectivity index (χ0) is 32.3. The second-order valence-corrected chi connectivity index (χ2v) is 13.1. The van der Waals surface area contributed by atoms with Crippen molar-refractivity contribution in [3.63, 3.8) is 0 Å². The molecule has 0 spiro atoms. The number of hydrogen-bond donors (Lipinski definition) is 3. The second kappa shape index (κ2) is 16.4. The third-order valence-corrected chi connectivity index (χ3v) is 9.34. The topological polar surface area (TPSA) is 95.7 Å². The predicted molar refractivity (Wildman–Crippen MR) is 189 cm³/mol. The van der Waals surface area contributed by atoms with Gasteiger partial charge in [0.15, 0.2) is 0 Å². The first kappa shape index (κ1) is 33.2. The molecule has 0 saturated heterocycles. The van der Waals surface area contributed by atoms with Crippen LogP contribution in [-0.2, 0) is 17.8 Å². The number of hydrogen-bond acceptors (Lipinski definition) is 4.